The van der Waals surface area contributed by atoms with Crippen molar-refractivity contribution in [3.63, 3.8) is 0 Å². The van der Waals surface area contributed by atoms with Gasteiger partial charge in [-0.2, -0.15) is 0 Å². The molecule has 1 rings (SSSR count). The summed E-state index contributed by atoms with van der Waals surface area (Å²) in [5.41, 5.74) is 2.21. The number of hydrogen-bond donors (Lipinski definition) is 1. The molecular weight excluding hydrogens is 192 g/mol. The molecule has 0 saturated heterocycles. The Kier molecular flexibility index (Phi) is 3.72. The van der Waals surface area contributed by atoms with E-state index in [1.165, 1.54) is 5.56 Å². The van der Waals surface area contributed by atoms with E-state index in [0.717, 1.165) is 11.3 Å². The maximum atomic E-state index is 10.6. The number of hydrogen-bond acceptors (Lipinski definition) is 2. The van der Waals surface area contributed by atoms with Gasteiger partial charge in [0.15, 0.2) is 0 Å². The van der Waals surface area contributed by atoms with Crippen LogP contribution in [-0.2, 0) is 4.79 Å². The van der Waals surface area contributed by atoms with Crippen molar-refractivity contribution in [2.75, 3.05) is 6.61 Å². The summed E-state index contributed by atoms with van der Waals surface area (Å²) in [6.45, 7) is 5.80. The lowest BCUT2D eigenvalue weighted by molar-refractivity contribution is -0.142. The highest BCUT2D eigenvalue weighted by atomic mass is 16.5. The lowest BCUT2D eigenvalue weighted by Gasteiger charge is -2.11. The van der Waals surface area contributed by atoms with Crippen LogP contribution in [-0.4, -0.2) is 17.7 Å². The molecule has 0 aromatic heterocycles. The highest BCUT2D eigenvalue weighted by Crippen LogP contribution is 2.19. The van der Waals surface area contributed by atoms with Crippen LogP contribution in [0, 0.1) is 19.8 Å². The summed E-state index contributed by atoms with van der Waals surface area (Å²) in [5.74, 6) is -0.556. The van der Waals surface area contributed by atoms with Crippen LogP contribution >= 0.6 is 0 Å². The number of carbonyl (C=O) groups is 1. The standard InChI is InChI=1S/C12H16O3/c1-8-4-5-11(9(2)6-8)15-7-10(3)12(13)14/h4-6,10H,7H2,1-3H3,(H,13,14). The summed E-state index contributed by atoms with van der Waals surface area (Å²) in [6, 6.07) is 5.84. The van der Waals surface area contributed by atoms with Crippen LogP contribution in [0.1, 0.15) is 18.1 Å². The van der Waals surface area contributed by atoms with E-state index in [0.29, 0.717) is 0 Å². The monoisotopic (exact) mass is 208 g/mol. The van der Waals surface area contributed by atoms with E-state index >= 15 is 0 Å². The Hall–Kier alpha value is -1.51. The third-order valence-electron chi connectivity index (χ3n) is 2.24. The van der Waals surface area contributed by atoms with E-state index in [1.54, 1.807) is 6.92 Å². The van der Waals surface area contributed by atoms with Gasteiger partial charge in [-0.3, -0.25) is 4.79 Å². The van der Waals surface area contributed by atoms with Crippen molar-refractivity contribution in [1.29, 1.82) is 0 Å². The Morgan fingerprint density at radius 1 is 1.47 bits per heavy atom. The molecule has 0 aliphatic heterocycles. The summed E-state index contributed by atoms with van der Waals surface area (Å²) in [6.07, 6.45) is 0. The Morgan fingerprint density at radius 3 is 2.67 bits per heavy atom. The first-order valence-electron chi connectivity index (χ1n) is 4.93. The van der Waals surface area contributed by atoms with Crippen LogP contribution in [0.3, 0.4) is 0 Å². The van der Waals surface area contributed by atoms with Crippen molar-refractivity contribution in [2.24, 2.45) is 5.92 Å². The molecule has 1 unspecified atom stereocenters. The fraction of sp³-hybridized carbons (Fsp3) is 0.417. The highest BCUT2D eigenvalue weighted by molar-refractivity contribution is 5.69. The van der Waals surface area contributed by atoms with Gasteiger partial charge in [0.2, 0.25) is 0 Å². The minimum Gasteiger partial charge on any atom is -0.492 e. The quantitative estimate of drug-likeness (QED) is 0.826. The molecule has 0 aliphatic carbocycles. The topological polar surface area (TPSA) is 46.5 Å². The van der Waals surface area contributed by atoms with Gasteiger partial charge in [0, 0.05) is 0 Å². The minimum absolute atomic E-state index is 0.208. The highest BCUT2D eigenvalue weighted by Gasteiger charge is 2.11. The molecule has 0 bridgehead atoms. The molecule has 1 N–H and O–H groups in total. The first-order valence-corrected chi connectivity index (χ1v) is 4.93. The van der Waals surface area contributed by atoms with Crippen molar-refractivity contribution in [3.05, 3.63) is 29.3 Å². The molecule has 1 atom stereocenters. The van der Waals surface area contributed by atoms with Crippen molar-refractivity contribution < 1.29 is 14.6 Å². The third kappa shape index (κ3) is 3.27. The van der Waals surface area contributed by atoms with Crippen molar-refractivity contribution in [2.45, 2.75) is 20.8 Å². The maximum Gasteiger partial charge on any atom is 0.309 e. The van der Waals surface area contributed by atoms with Gasteiger partial charge < -0.3 is 9.84 Å². The Bertz CT molecular complexity index is 358. The average molecular weight is 208 g/mol. The lowest BCUT2D eigenvalue weighted by Crippen LogP contribution is -2.18. The predicted molar refractivity (Wildman–Crippen MR) is 58.2 cm³/mol. The van der Waals surface area contributed by atoms with Crippen LogP contribution in [0.25, 0.3) is 0 Å². The summed E-state index contributed by atoms with van der Waals surface area (Å²) < 4.78 is 5.43. The zero-order valence-electron chi connectivity index (χ0n) is 9.28. The number of rotatable bonds is 4. The Morgan fingerprint density at radius 2 is 2.13 bits per heavy atom. The van der Waals surface area contributed by atoms with E-state index in [1.807, 2.05) is 32.0 Å². The lowest BCUT2D eigenvalue weighted by atomic mass is 10.1. The second kappa shape index (κ2) is 4.82. The van der Waals surface area contributed by atoms with Crippen LogP contribution in [0.4, 0.5) is 0 Å². The molecule has 0 saturated carbocycles. The molecule has 0 heterocycles. The predicted octanol–water partition coefficient (Wildman–Crippen LogP) is 2.40. The number of carboxylic acid groups (broad SMARTS) is 1. The molecule has 0 radical (unpaired) electrons. The van der Waals surface area contributed by atoms with Gasteiger partial charge in [-0.05, 0) is 32.4 Å². The molecule has 0 spiro atoms. The molecule has 0 fully saturated rings. The second-order valence-corrected chi connectivity index (χ2v) is 3.82. The van der Waals surface area contributed by atoms with E-state index in [-0.39, 0.29) is 6.61 Å². The van der Waals surface area contributed by atoms with Crippen LogP contribution in [0.5, 0.6) is 5.75 Å². The van der Waals surface area contributed by atoms with Gasteiger partial charge in [-0.1, -0.05) is 17.7 Å². The van der Waals surface area contributed by atoms with Gasteiger partial charge in [0.25, 0.3) is 0 Å². The molecule has 82 valence electrons. The fourth-order valence-corrected chi connectivity index (χ4v) is 1.25. The van der Waals surface area contributed by atoms with Crippen LogP contribution < -0.4 is 4.74 Å². The van der Waals surface area contributed by atoms with E-state index < -0.39 is 11.9 Å². The van der Waals surface area contributed by atoms with E-state index in [9.17, 15) is 4.79 Å². The van der Waals surface area contributed by atoms with Gasteiger partial charge in [0.05, 0.1) is 5.92 Å². The molecule has 0 amide bonds. The molecule has 3 nitrogen and oxygen atoms in total. The van der Waals surface area contributed by atoms with Gasteiger partial charge in [0.1, 0.15) is 12.4 Å². The van der Waals surface area contributed by atoms with Crippen molar-refractivity contribution in [3.8, 4) is 5.75 Å². The molecule has 1 aromatic rings. The average Bonchev–Trinajstić information content (AvgIpc) is 2.15. The summed E-state index contributed by atoms with van der Waals surface area (Å²) in [4.78, 5) is 10.6. The molecule has 15 heavy (non-hydrogen) atoms. The largest absolute Gasteiger partial charge is 0.492 e. The van der Waals surface area contributed by atoms with Gasteiger partial charge >= 0.3 is 5.97 Å². The fourth-order valence-electron chi connectivity index (χ4n) is 1.25. The van der Waals surface area contributed by atoms with Gasteiger partial charge in [-0.25, -0.2) is 0 Å². The van der Waals surface area contributed by atoms with Crippen molar-refractivity contribution in [1.82, 2.24) is 0 Å². The van der Waals surface area contributed by atoms with E-state index in [2.05, 4.69) is 0 Å². The first-order chi connectivity index (χ1) is 7.00. The van der Waals surface area contributed by atoms with Crippen LogP contribution in [0.15, 0.2) is 18.2 Å². The van der Waals surface area contributed by atoms with E-state index in [4.69, 9.17) is 9.84 Å². The Labute approximate surface area is 89.7 Å². The van der Waals surface area contributed by atoms with Crippen molar-refractivity contribution >= 4 is 5.97 Å². The number of ether oxygens (including phenoxy) is 1. The molecule has 1 aromatic carbocycles. The number of carboxylic acids is 1. The molecule has 3 heteroatoms. The number of aryl methyl sites for hydroxylation is 2. The zero-order chi connectivity index (χ0) is 11.4. The molecular formula is C12H16O3. The Balaban J connectivity index is 2.62. The van der Waals surface area contributed by atoms with Gasteiger partial charge in [-0.15, -0.1) is 0 Å². The number of aliphatic carboxylic acids is 1. The summed E-state index contributed by atoms with van der Waals surface area (Å²) in [5, 5.41) is 8.69. The van der Waals surface area contributed by atoms with Crippen LogP contribution in [0.2, 0.25) is 0 Å². The normalized spacial score (nSPS) is 12.2. The summed E-state index contributed by atoms with van der Waals surface area (Å²) in [7, 11) is 0. The molecule has 0 aliphatic rings. The minimum atomic E-state index is -0.834. The second-order valence-electron chi connectivity index (χ2n) is 3.82. The SMILES string of the molecule is Cc1ccc(OCC(C)C(=O)O)c(C)c1. The third-order valence-corrected chi connectivity index (χ3v) is 2.24. The number of benzene rings is 1. The smallest absolute Gasteiger partial charge is 0.309 e. The first kappa shape index (κ1) is 11.6. The zero-order valence-corrected chi connectivity index (χ0v) is 9.28. The maximum absolute atomic E-state index is 10.6. The summed E-state index contributed by atoms with van der Waals surface area (Å²) >= 11 is 0.